The molecule has 6 nitrogen and oxygen atoms in total. The molecule has 29 heavy (non-hydrogen) atoms. The van der Waals surface area contributed by atoms with E-state index in [4.69, 9.17) is 4.74 Å². The van der Waals surface area contributed by atoms with Crippen LogP contribution in [0.3, 0.4) is 0 Å². The van der Waals surface area contributed by atoms with Gasteiger partial charge >= 0.3 is 0 Å². The summed E-state index contributed by atoms with van der Waals surface area (Å²) in [5.41, 5.74) is 4.05. The molecule has 0 N–H and O–H groups in total. The fourth-order valence-corrected chi connectivity index (χ4v) is 3.65. The summed E-state index contributed by atoms with van der Waals surface area (Å²) in [5, 5.41) is 0. The molecule has 2 aromatic carbocycles. The lowest BCUT2D eigenvalue weighted by Gasteiger charge is -2.37. The minimum absolute atomic E-state index is 0.0135. The Labute approximate surface area is 172 Å². The predicted octanol–water partition coefficient (Wildman–Crippen LogP) is 3.01. The highest BCUT2D eigenvalue weighted by molar-refractivity contribution is 5.98. The van der Waals surface area contributed by atoms with Gasteiger partial charge in [0, 0.05) is 38.8 Å². The first-order valence-electron chi connectivity index (χ1n) is 9.91. The standard InChI is InChI=1S/C23H29N3O3/c1-17-6-5-7-20(14-17)24-10-12-25(13-11-24)23(28)16-26(19(3)27)21-15-18(2)8-9-22(21)29-4/h5-9,14-15H,10-13,16H2,1-4H3. The van der Waals surface area contributed by atoms with Gasteiger partial charge in [-0.15, -0.1) is 0 Å². The number of benzene rings is 2. The van der Waals surface area contributed by atoms with E-state index in [1.54, 1.807) is 7.11 Å². The van der Waals surface area contributed by atoms with Crippen LogP contribution in [0.5, 0.6) is 5.75 Å². The number of carbonyl (C=O) groups is 2. The Morgan fingerprint density at radius 2 is 1.69 bits per heavy atom. The molecular weight excluding hydrogens is 366 g/mol. The van der Waals surface area contributed by atoms with Crippen molar-refractivity contribution >= 4 is 23.2 Å². The van der Waals surface area contributed by atoms with Crippen LogP contribution in [0.2, 0.25) is 0 Å². The first kappa shape index (κ1) is 20.7. The second-order valence-corrected chi connectivity index (χ2v) is 7.49. The maximum atomic E-state index is 12.9. The molecule has 0 spiro atoms. The number of carbonyl (C=O) groups excluding carboxylic acids is 2. The maximum absolute atomic E-state index is 12.9. The monoisotopic (exact) mass is 395 g/mol. The van der Waals surface area contributed by atoms with E-state index in [1.807, 2.05) is 30.0 Å². The van der Waals surface area contributed by atoms with E-state index >= 15 is 0 Å². The third-order valence-electron chi connectivity index (χ3n) is 5.30. The Balaban J connectivity index is 1.67. The second-order valence-electron chi connectivity index (χ2n) is 7.49. The molecule has 0 atom stereocenters. The highest BCUT2D eigenvalue weighted by Crippen LogP contribution is 2.29. The van der Waals surface area contributed by atoms with Crippen molar-refractivity contribution in [3.63, 3.8) is 0 Å². The largest absolute Gasteiger partial charge is 0.495 e. The van der Waals surface area contributed by atoms with Crippen LogP contribution in [-0.4, -0.2) is 56.5 Å². The number of aryl methyl sites for hydroxylation is 2. The molecule has 0 bridgehead atoms. The third-order valence-corrected chi connectivity index (χ3v) is 5.30. The van der Waals surface area contributed by atoms with Crippen molar-refractivity contribution in [2.45, 2.75) is 20.8 Å². The van der Waals surface area contributed by atoms with Crippen LogP contribution < -0.4 is 14.5 Å². The van der Waals surface area contributed by atoms with Crippen molar-refractivity contribution in [2.75, 3.05) is 49.6 Å². The minimum atomic E-state index is -0.180. The van der Waals surface area contributed by atoms with E-state index in [1.165, 1.54) is 23.1 Å². The summed E-state index contributed by atoms with van der Waals surface area (Å²) in [6.45, 7) is 8.37. The van der Waals surface area contributed by atoms with Gasteiger partial charge in [-0.3, -0.25) is 14.5 Å². The minimum Gasteiger partial charge on any atom is -0.495 e. The van der Waals surface area contributed by atoms with Crippen molar-refractivity contribution in [2.24, 2.45) is 0 Å². The Hall–Kier alpha value is -3.02. The summed E-state index contributed by atoms with van der Waals surface area (Å²) < 4.78 is 5.41. The molecule has 0 radical (unpaired) electrons. The van der Waals surface area contributed by atoms with Crippen molar-refractivity contribution in [3.8, 4) is 5.75 Å². The molecular formula is C23H29N3O3. The molecule has 1 heterocycles. The molecule has 1 aliphatic rings. The number of hydrogen-bond donors (Lipinski definition) is 0. The van der Waals surface area contributed by atoms with Crippen molar-refractivity contribution < 1.29 is 14.3 Å². The van der Waals surface area contributed by atoms with Crippen LogP contribution in [0.25, 0.3) is 0 Å². The molecule has 154 valence electrons. The zero-order valence-electron chi connectivity index (χ0n) is 17.6. The molecule has 3 rings (SSSR count). The maximum Gasteiger partial charge on any atom is 0.242 e. The van der Waals surface area contributed by atoms with Gasteiger partial charge < -0.3 is 14.5 Å². The van der Waals surface area contributed by atoms with Crippen LogP contribution in [0.1, 0.15) is 18.1 Å². The Morgan fingerprint density at radius 3 is 2.31 bits per heavy atom. The number of methoxy groups -OCH3 is 1. The van der Waals surface area contributed by atoms with E-state index in [-0.39, 0.29) is 18.4 Å². The number of rotatable bonds is 5. The molecule has 6 heteroatoms. The quantitative estimate of drug-likeness (QED) is 0.781. The Bertz CT molecular complexity index is 889. The summed E-state index contributed by atoms with van der Waals surface area (Å²) in [5.74, 6) is 0.358. The molecule has 0 aliphatic carbocycles. The van der Waals surface area contributed by atoms with E-state index in [9.17, 15) is 9.59 Å². The van der Waals surface area contributed by atoms with Crippen molar-refractivity contribution in [1.29, 1.82) is 0 Å². The van der Waals surface area contributed by atoms with Gasteiger partial charge in [0.15, 0.2) is 0 Å². The molecule has 1 fully saturated rings. The molecule has 0 unspecified atom stereocenters. The topological polar surface area (TPSA) is 53.1 Å². The van der Waals surface area contributed by atoms with E-state index < -0.39 is 0 Å². The number of hydrogen-bond acceptors (Lipinski definition) is 4. The van der Waals surface area contributed by atoms with Crippen LogP contribution in [0.15, 0.2) is 42.5 Å². The number of anilines is 2. The SMILES string of the molecule is COc1ccc(C)cc1N(CC(=O)N1CCN(c2cccc(C)c2)CC1)C(C)=O. The van der Waals surface area contributed by atoms with Gasteiger partial charge in [0.1, 0.15) is 12.3 Å². The smallest absolute Gasteiger partial charge is 0.242 e. The normalized spacial score (nSPS) is 13.9. The molecule has 2 aromatic rings. The fraction of sp³-hybridized carbons (Fsp3) is 0.391. The lowest BCUT2D eigenvalue weighted by atomic mass is 10.1. The lowest BCUT2D eigenvalue weighted by molar-refractivity contribution is -0.131. The third kappa shape index (κ3) is 4.88. The molecule has 0 aromatic heterocycles. The van der Waals surface area contributed by atoms with Crippen molar-refractivity contribution in [3.05, 3.63) is 53.6 Å². The second kappa shape index (κ2) is 8.99. The summed E-state index contributed by atoms with van der Waals surface area (Å²) >= 11 is 0. The molecule has 2 amide bonds. The van der Waals surface area contributed by atoms with Gasteiger partial charge in [-0.2, -0.15) is 0 Å². The van der Waals surface area contributed by atoms with Gasteiger partial charge in [-0.1, -0.05) is 18.2 Å². The van der Waals surface area contributed by atoms with E-state index in [0.29, 0.717) is 24.5 Å². The van der Waals surface area contributed by atoms with Gasteiger partial charge in [0.2, 0.25) is 11.8 Å². The number of amides is 2. The lowest BCUT2D eigenvalue weighted by Crippen LogP contribution is -2.51. The average Bonchev–Trinajstić information content (AvgIpc) is 2.71. The van der Waals surface area contributed by atoms with Gasteiger partial charge in [0.05, 0.1) is 12.8 Å². The zero-order valence-corrected chi connectivity index (χ0v) is 17.6. The molecule has 1 saturated heterocycles. The Kier molecular flexibility index (Phi) is 6.42. The highest BCUT2D eigenvalue weighted by Gasteiger charge is 2.26. The molecule has 0 saturated carbocycles. The highest BCUT2D eigenvalue weighted by atomic mass is 16.5. The number of piperazine rings is 1. The first-order chi connectivity index (χ1) is 13.9. The van der Waals surface area contributed by atoms with Gasteiger partial charge in [0.25, 0.3) is 0 Å². The summed E-state index contributed by atoms with van der Waals surface area (Å²) in [6, 6.07) is 14.0. The van der Waals surface area contributed by atoms with Crippen LogP contribution in [-0.2, 0) is 9.59 Å². The zero-order chi connectivity index (χ0) is 21.0. The Morgan fingerprint density at radius 1 is 1.00 bits per heavy atom. The van der Waals surface area contributed by atoms with E-state index in [0.717, 1.165) is 18.7 Å². The van der Waals surface area contributed by atoms with Gasteiger partial charge in [-0.05, 0) is 49.2 Å². The number of nitrogens with zero attached hydrogens (tertiary/aromatic N) is 3. The number of ether oxygens (including phenoxy) is 1. The van der Waals surface area contributed by atoms with Crippen LogP contribution >= 0.6 is 0 Å². The first-order valence-corrected chi connectivity index (χ1v) is 9.91. The summed E-state index contributed by atoms with van der Waals surface area (Å²) in [4.78, 5) is 30.9. The van der Waals surface area contributed by atoms with Crippen molar-refractivity contribution in [1.82, 2.24) is 4.90 Å². The van der Waals surface area contributed by atoms with Gasteiger partial charge in [-0.25, -0.2) is 0 Å². The average molecular weight is 396 g/mol. The summed E-state index contributed by atoms with van der Waals surface area (Å²) in [7, 11) is 1.57. The van der Waals surface area contributed by atoms with Crippen LogP contribution in [0, 0.1) is 13.8 Å². The fourth-order valence-electron chi connectivity index (χ4n) is 3.65. The van der Waals surface area contributed by atoms with Crippen LogP contribution in [0.4, 0.5) is 11.4 Å². The molecule has 1 aliphatic heterocycles. The summed E-state index contributed by atoms with van der Waals surface area (Å²) in [6.07, 6.45) is 0. The van der Waals surface area contributed by atoms with E-state index in [2.05, 4.69) is 36.1 Å². The predicted molar refractivity (Wildman–Crippen MR) is 116 cm³/mol.